The Balaban J connectivity index is 2.00. The van der Waals surface area contributed by atoms with Gasteiger partial charge in [0.05, 0.1) is 21.4 Å². The minimum atomic E-state index is -0.537. The molecule has 0 unspecified atom stereocenters. The topological polar surface area (TPSA) is 32.3 Å². The highest BCUT2D eigenvalue weighted by atomic mass is 35.5. The standard InChI is InChI=1S/C16H12Cl2F2N2O/c17-12-5-3-10(19)7-14(12)21-22(16(23)9-1-2-9)15-8-11(20)4-6-13(15)18/h3-9,21H,1-2H2. The summed E-state index contributed by atoms with van der Waals surface area (Å²) in [5, 5.41) is 1.55. The number of hydrogen-bond acceptors (Lipinski definition) is 2. The van der Waals surface area contributed by atoms with Crippen molar-refractivity contribution in [1.82, 2.24) is 0 Å². The lowest BCUT2D eigenvalue weighted by molar-refractivity contribution is -0.119. The van der Waals surface area contributed by atoms with Crippen LogP contribution in [0, 0.1) is 17.6 Å². The Kier molecular flexibility index (Phi) is 4.41. The lowest BCUT2D eigenvalue weighted by Gasteiger charge is -2.26. The first-order valence-electron chi connectivity index (χ1n) is 6.96. The zero-order valence-electron chi connectivity index (χ0n) is 11.8. The first kappa shape index (κ1) is 16.0. The van der Waals surface area contributed by atoms with Gasteiger partial charge < -0.3 is 0 Å². The van der Waals surface area contributed by atoms with E-state index in [4.69, 9.17) is 23.2 Å². The van der Waals surface area contributed by atoms with Gasteiger partial charge in [0, 0.05) is 18.1 Å². The van der Waals surface area contributed by atoms with Gasteiger partial charge in [-0.25, -0.2) is 13.8 Å². The second kappa shape index (κ2) is 6.34. The number of nitrogens with zero attached hydrogens (tertiary/aromatic N) is 1. The minimum Gasteiger partial charge on any atom is -0.290 e. The van der Waals surface area contributed by atoms with Crippen LogP contribution in [0.5, 0.6) is 0 Å². The van der Waals surface area contributed by atoms with Crippen LogP contribution < -0.4 is 10.4 Å². The van der Waals surface area contributed by atoms with Gasteiger partial charge in [0.25, 0.3) is 0 Å². The number of carbonyl (C=O) groups excluding carboxylic acids is 1. The Labute approximate surface area is 141 Å². The summed E-state index contributed by atoms with van der Waals surface area (Å²) >= 11 is 12.1. The number of nitrogens with one attached hydrogen (secondary N) is 1. The maximum Gasteiger partial charge on any atom is 0.248 e. The predicted molar refractivity (Wildman–Crippen MR) is 86.7 cm³/mol. The van der Waals surface area contributed by atoms with Gasteiger partial charge in [0.1, 0.15) is 11.6 Å². The van der Waals surface area contributed by atoms with Gasteiger partial charge >= 0.3 is 0 Å². The molecule has 0 atom stereocenters. The smallest absolute Gasteiger partial charge is 0.248 e. The largest absolute Gasteiger partial charge is 0.290 e. The fourth-order valence-electron chi connectivity index (χ4n) is 2.11. The molecule has 0 aliphatic heterocycles. The molecule has 2 aromatic rings. The van der Waals surface area contributed by atoms with Crippen LogP contribution in [-0.4, -0.2) is 5.91 Å². The molecule has 3 nitrogen and oxygen atoms in total. The highest BCUT2D eigenvalue weighted by Crippen LogP contribution is 2.36. The zero-order chi connectivity index (χ0) is 16.6. The number of carbonyl (C=O) groups is 1. The maximum absolute atomic E-state index is 13.6. The van der Waals surface area contributed by atoms with Crippen molar-refractivity contribution < 1.29 is 13.6 Å². The molecular formula is C16H12Cl2F2N2O. The van der Waals surface area contributed by atoms with E-state index in [1.807, 2.05) is 0 Å². The number of amides is 1. The summed E-state index contributed by atoms with van der Waals surface area (Å²) in [6.07, 6.45) is 1.50. The molecule has 0 bridgehead atoms. The molecule has 23 heavy (non-hydrogen) atoms. The average Bonchev–Trinajstić information content (AvgIpc) is 3.35. The first-order valence-corrected chi connectivity index (χ1v) is 7.72. The lowest BCUT2D eigenvalue weighted by Crippen LogP contribution is -2.38. The Bertz CT molecular complexity index is 766. The van der Waals surface area contributed by atoms with Crippen LogP contribution in [0.4, 0.5) is 20.2 Å². The molecule has 0 heterocycles. The summed E-state index contributed by atoms with van der Waals surface area (Å²) in [7, 11) is 0. The van der Waals surface area contributed by atoms with Gasteiger partial charge in [-0.05, 0) is 37.1 Å². The van der Waals surface area contributed by atoms with Crippen molar-refractivity contribution in [3.8, 4) is 0 Å². The summed E-state index contributed by atoms with van der Waals surface area (Å²) in [4.78, 5) is 12.5. The number of hydrogen-bond donors (Lipinski definition) is 1. The molecule has 0 radical (unpaired) electrons. The number of anilines is 2. The van der Waals surface area contributed by atoms with Gasteiger partial charge in [0.2, 0.25) is 5.91 Å². The Morgan fingerprint density at radius 2 is 1.65 bits per heavy atom. The molecule has 1 N–H and O–H groups in total. The Morgan fingerprint density at radius 1 is 1.04 bits per heavy atom. The van der Waals surface area contributed by atoms with E-state index in [9.17, 15) is 13.6 Å². The van der Waals surface area contributed by atoms with E-state index >= 15 is 0 Å². The summed E-state index contributed by atoms with van der Waals surface area (Å²) in [6, 6.07) is 7.42. The van der Waals surface area contributed by atoms with Crippen LogP contribution in [0.2, 0.25) is 10.0 Å². The van der Waals surface area contributed by atoms with Crippen molar-refractivity contribution in [1.29, 1.82) is 0 Å². The predicted octanol–water partition coefficient (Wildman–Crippen LogP) is 5.04. The van der Waals surface area contributed by atoms with Crippen LogP contribution >= 0.6 is 23.2 Å². The number of hydrazine groups is 1. The fraction of sp³-hybridized carbons (Fsp3) is 0.188. The van der Waals surface area contributed by atoms with E-state index in [0.29, 0.717) is 0 Å². The van der Waals surface area contributed by atoms with E-state index < -0.39 is 11.6 Å². The number of rotatable bonds is 4. The number of benzene rings is 2. The summed E-state index contributed by atoms with van der Waals surface area (Å²) in [6.45, 7) is 0. The van der Waals surface area contributed by atoms with E-state index in [-0.39, 0.29) is 33.2 Å². The monoisotopic (exact) mass is 356 g/mol. The quantitative estimate of drug-likeness (QED) is 0.778. The van der Waals surface area contributed by atoms with Crippen LogP contribution in [0.25, 0.3) is 0 Å². The third-order valence-electron chi connectivity index (χ3n) is 3.46. The Hall–Kier alpha value is -1.85. The van der Waals surface area contributed by atoms with Crippen LogP contribution in [-0.2, 0) is 4.79 Å². The maximum atomic E-state index is 13.6. The number of halogens is 4. The second-order valence-electron chi connectivity index (χ2n) is 5.28. The van der Waals surface area contributed by atoms with E-state index in [2.05, 4.69) is 5.43 Å². The lowest BCUT2D eigenvalue weighted by atomic mass is 10.2. The van der Waals surface area contributed by atoms with Gasteiger partial charge in [-0.2, -0.15) is 0 Å². The Morgan fingerprint density at radius 3 is 2.30 bits per heavy atom. The third-order valence-corrected chi connectivity index (χ3v) is 4.11. The van der Waals surface area contributed by atoms with Gasteiger partial charge in [-0.15, -0.1) is 0 Å². The SMILES string of the molecule is O=C(C1CC1)N(Nc1cc(F)ccc1Cl)c1cc(F)ccc1Cl. The van der Waals surface area contributed by atoms with Gasteiger partial charge in [-0.3, -0.25) is 10.2 Å². The minimum absolute atomic E-state index is 0.156. The molecule has 1 fully saturated rings. The highest BCUT2D eigenvalue weighted by molar-refractivity contribution is 6.34. The first-order chi connectivity index (χ1) is 11.0. The summed E-state index contributed by atoms with van der Waals surface area (Å²) in [5.74, 6) is -1.47. The zero-order valence-corrected chi connectivity index (χ0v) is 13.3. The van der Waals surface area contributed by atoms with Crippen LogP contribution in [0.15, 0.2) is 36.4 Å². The van der Waals surface area contributed by atoms with Crippen molar-refractivity contribution in [3.63, 3.8) is 0 Å². The molecule has 1 aliphatic carbocycles. The molecule has 0 saturated heterocycles. The van der Waals surface area contributed by atoms with Crippen LogP contribution in [0.3, 0.4) is 0 Å². The van der Waals surface area contributed by atoms with Crippen molar-refractivity contribution in [2.24, 2.45) is 5.92 Å². The molecule has 1 amide bonds. The normalized spacial score (nSPS) is 13.7. The van der Waals surface area contributed by atoms with Crippen molar-refractivity contribution >= 4 is 40.5 Å². The molecule has 120 valence electrons. The highest BCUT2D eigenvalue weighted by Gasteiger charge is 2.35. The van der Waals surface area contributed by atoms with Gasteiger partial charge in [0.15, 0.2) is 0 Å². The van der Waals surface area contributed by atoms with Gasteiger partial charge in [-0.1, -0.05) is 23.2 Å². The van der Waals surface area contributed by atoms with E-state index in [1.165, 1.54) is 24.3 Å². The summed E-state index contributed by atoms with van der Waals surface area (Å²) < 4.78 is 27.0. The van der Waals surface area contributed by atoms with E-state index in [0.717, 1.165) is 30.0 Å². The molecule has 0 aromatic heterocycles. The average molecular weight is 357 g/mol. The van der Waals surface area contributed by atoms with E-state index in [1.54, 1.807) is 0 Å². The van der Waals surface area contributed by atoms with Crippen molar-refractivity contribution in [2.75, 3.05) is 10.4 Å². The molecule has 1 aliphatic rings. The fourth-order valence-corrected chi connectivity index (χ4v) is 2.47. The molecular weight excluding hydrogens is 345 g/mol. The summed E-state index contributed by atoms with van der Waals surface area (Å²) in [5.41, 5.74) is 3.11. The molecule has 7 heteroatoms. The third kappa shape index (κ3) is 3.57. The molecule has 2 aromatic carbocycles. The molecule has 0 spiro atoms. The van der Waals surface area contributed by atoms with Crippen molar-refractivity contribution in [2.45, 2.75) is 12.8 Å². The molecule has 1 saturated carbocycles. The van der Waals surface area contributed by atoms with Crippen LogP contribution in [0.1, 0.15) is 12.8 Å². The molecule has 3 rings (SSSR count). The second-order valence-corrected chi connectivity index (χ2v) is 6.09. The van der Waals surface area contributed by atoms with Crippen molar-refractivity contribution in [3.05, 3.63) is 58.1 Å².